The summed E-state index contributed by atoms with van der Waals surface area (Å²) in [5.74, 6) is 0.872. The van der Waals surface area contributed by atoms with Crippen LogP contribution in [0.1, 0.15) is 45.6 Å². The van der Waals surface area contributed by atoms with Gasteiger partial charge in [-0.3, -0.25) is 0 Å². The smallest absolute Gasteiger partial charge is 0.407 e. The molecule has 1 aliphatic rings. The first-order chi connectivity index (χ1) is 10.9. The van der Waals surface area contributed by atoms with Crippen molar-refractivity contribution in [3.63, 3.8) is 0 Å². The summed E-state index contributed by atoms with van der Waals surface area (Å²) in [6, 6.07) is 8.70. The number of ether oxygens (including phenoxy) is 2. The van der Waals surface area contributed by atoms with Crippen LogP contribution in [0.3, 0.4) is 0 Å². The summed E-state index contributed by atoms with van der Waals surface area (Å²) >= 11 is 0. The van der Waals surface area contributed by atoms with Crippen molar-refractivity contribution < 1.29 is 14.3 Å². The lowest BCUT2D eigenvalue weighted by atomic mass is 10.2. The van der Waals surface area contributed by atoms with Crippen molar-refractivity contribution in [2.24, 2.45) is 0 Å². The van der Waals surface area contributed by atoms with Crippen LogP contribution in [0.4, 0.5) is 4.79 Å². The largest absolute Gasteiger partial charge is 0.497 e. The minimum absolute atomic E-state index is 0.193. The summed E-state index contributed by atoms with van der Waals surface area (Å²) in [6.45, 7) is 6.45. The van der Waals surface area contributed by atoms with Crippen LogP contribution >= 0.6 is 0 Å². The fraction of sp³-hybridized carbons (Fsp3) is 0.611. The molecule has 0 radical (unpaired) electrons. The molecular formula is C18H28N2O3. The van der Waals surface area contributed by atoms with Crippen molar-refractivity contribution in [3.8, 4) is 5.75 Å². The number of benzene rings is 1. The minimum Gasteiger partial charge on any atom is -0.497 e. The molecule has 0 aromatic heterocycles. The molecule has 2 N–H and O–H groups in total. The monoisotopic (exact) mass is 320 g/mol. The van der Waals surface area contributed by atoms with Gasteiger partial charge in [-0.25, -0.2) is 4.79 Å². The summed E-state index contributed by atoms with van der Waals surface area (Å²) < 4.78 is 10.5. The molecular weight excluding hydrogens is 292 g/mol. The van der Waals surface area contributed by atoms with Gasteiger partial charge >= 0.3 is 6.09 Å². The quantitative estimate of drug-likeness (QED) is 0.874. The molecule has 0 unspecified atom stereocenters. The predicted octanol–water partition coefficient (Wildman–Crippen LogP) is 3.23. The van der Waals surface area contributed by atoms with Crippen LogP contribution in [0.25, 0.3) is 0 Å². The van der Waals surface area contributed by atoms with E-state index in [-0.39, 0.29) is 12.1 Å². The maximum atomic E-state index is 11.8. The molecule has 1 aromatic carbocycles. The van der Waals surface area contributed by atoms with Gasteiger partial charge in [0.15, 0.2) is 0 Å². The first-order valence-electron chi connectivity index (χ1n) is 8.21. The fourth-order valence-corrected chi connectivity index (χ4v) is 2.78. The number of hydrogen-bond donors (Lipinski definition) is 2. The zero-order chi connectivity index (χ0) is 16.9. The van der Waals surface area contributed by atoms with E-state index >= 15 is 0 Å². The molecule has 23 heavy (non-hydrogen) atoms. The van der Waals surface area contributed by atoms with E-state index < -0.39 is 5.60 Å². The number of hydrogen-bond acceptors (Lipinski definition) is 4. The van der Waals surface area contributed by atoms with Crippen LogP contribution in [0.2, 0.25) is 0 Å². The highest BCUT2D eigenvalue weighted by molar-refractivity contribution is 5.68. The molecule has 2 atom stereocenters. The highest BCUT2D eigenvalue weighted by Crippen LogP contribution is 2.20. The Morgan fingerprint density at radius 1 is 1.17 bits per heavy atom. The second kappa shape index (κ2) is 7.68. The van der Waals surface area contributed by atoms with E-state index in [1.807, 2.05) is 32.9 Å². The Hall–Kier alpha value is -1.75. The van der Waals surface area contributed by atoms with E-state index in [9.17, 15) is 4.79 Å². The van der Waals surface area contributed by atoms with Crippen LogP contribution in [0.15, 0.2) is 24.3 Å². The van der Waals surface area contributed by atoms with Crippen LogP contribution in [0.5, 0.6) is 5.75 Å². The Labute approximate surface area is 138 Å². The topological polar surface area (TPSA) is 59.6 Å². The summed E-state index contributed by atoms with van der Waals surface area (Å²) in [6.07, 6.45) is 2.67. The third kappa shape index (κ3) is 6.10. The number of carbonyl (C=O) groups is 1. The molecule has 0 heterocycles. The number of nitrogens with one attached hydrogen (secondary N) is 2. The Morgan fingerprint density at radius 2 is 1.83 bits per heavy atom. The van der Waals surface area contributed by atoms with E-state index in [4.69, 9.17) is 9.47 Å². The standard InChI is InChI=1S/C18H28N2O3/c1-18(2,3)23-17(21)20-15-8-7-14(11-15)19-12-13-5-9-16(22-4)10-6-13/h5-6,9-10,14-15,19H,7-8,11-12H2,1-4H3,(H,20,21)/t14-,15-/m0/s1. The van der Waals surface area contributed by atoms with E-state index in [0.29, 0.717) is 6.04 Å². The van der Waals surface area contributed by atoms with Crippen molar-refractivity contribution in [1.29, 1.82) is 0 Å². The lowest BCUT2D eigenvalue weighted by molar-refractivity contribution is 0.0505. The van der Waals surface area contributed by atoms with Gasteiger partial charge in [0.2, 0.25) is 0 Å². The molecule has 1 fully saturated rings. The van der Waals surface area contributed by atoms with Crippen molar-refractivity contribution in [1.82, 2.24) is 10.6 Å². The molecule has 5 heteroatoms. The van der Waals surface area contributed by atoms with Gasteiger partial charge in [-0.2, -0.15) is 0 Å². The average molecular weight is 320 g/mol. The van der Waals surface area contributed by atoms with Gasteiger partial charge in [-0.15, -0.1) is 0 Å². The molecule has 128 valence electrons. The highest BCUT2D eigenvalue weighted by atomic mass is 16.6. The van der Waals surface area contributed by atoms with Crippen molar-refractivity contribution in [2.75, 3.05) is 7.11 Å². The molecule has 1 saturated carbocycles. The van der Waals surface area contributed by atoms with Crippen LogP contribution in [0, 0.1) is 0 Å². The van der Waals surface area contributed by atoms with Crippen LogP contribution < -0.4 is 15.4 Å². The highest BCUT2D eigenvalue weighted by Gasteiger charge is 2.27. The summed E-state index contributed by atoms with van der Waals surface area (Å²) in [4.78, 5) is 11.8. The van der Waals surface area contributed by atoms with Gasteiger partial charge in [0.05, 0.1) is 7.11 Å². The number of rotatable bonds is 5. The third-order valence-electron chi connectivity index (χ3n) is 3.91. The number of amides is 1. The lowest BCUT2D eigenvalue weighted by Gasteiger charge is -2.21. The van der Waals surface area contributed by atoms with E-state index in [0.717, 1.165) is 31.6 Å². The second-order valence-corrected chi connectivity index (χ2v) is 7.08. The molecule has 0 saturated heterocycles. The minimum atomic E-state index is -0.450. The zero-order valence-electron chi connectivity index (χ0n) is 14.5. The Bertz CT molecular complexity index is 508. The van der Waals surface area contributed by atoms with Gasteiger partial charge in [0.25, 0.3) is 0 Å². The van der Waals surface area contributed by atoms with Gasteiger partial charge in [0, 0.05) is 18.6 Å². The Kier molecular flexibility index (Phi) is 5.88. The summed E-state index contributed by atoms with van der Waals surface area (Å²) in [5.41, 5.74) is 0.781. The molecule has 2 rings (SSSR count). The normalized spacial score (nSPS) is 21.0. The molecule has 0 bridgehead atoms. The maximum Gasteiger partial charge on any atom is 0.407 e. The molecule has 0 aliphatic heterocycles. The zero-order valence-corrected chi connectivity index (χ0v) is 14.5. The molecule has 1 amide bonds. The molecule has 0 spiro atoms. The lowest BCUT2D eigenvalue weighted by Crippen LogP contribution is -2.38. The van der Waals surface area contributed by atoms with E-state index in [1.165, 1.54) is 5.56 Å². The number of methoxy groups -OCH3 is 1. The van der Waals surface area contributed by atoms with E-state index in [1.54, 1.807) is 7.11 Å². The maximum absolute atomic E-state index is 11.8. The summed E-state index contributed by atoms with van der Waals surface area (Å²) in [5, 5.41) is 6.51. The third-order valence-corrected chi connectivity index (χ3v) is 3.91. The molecule has 1 aromatic rings. The van der Waals surface area contributed by atoms with Crippen molar-refractivity contribution in [2.45, 2.75) is 64.3 Å². The Morgan fingerprint density at radius 3 is 2.43 bits per heavy atom. The first kappa shape index (κ1) is 17.6. The van der Waals surface area contributed by atoms with Gasteiger partial charge < -0.3 is 20.1 Å². The predicted molar refractivity (Wildman–Crippen MR) is 90.6 cm³/mol. The fourth-order valence-electron chi connectivity index (χ4n) is 2.78. The van der Waals surface area contributed by atoms with Crippen LogP contribution in [-0.4, -0.2) is 30.9 Å². The molecule has 5 nitrogen and oxygen atoms in total. The summed E-state index contributed by atoms with van der Waals surface area (Å²) in [7, 11) is 1.67. The van der Waals surface area contributed by atoms with Crippen molar-refractivity contribution >= 4 is 6.09 Å². The SMILES string of the molecule is COc1ccc(CN[C@H]2CC[C@H](NC(=O)OC(C)(C)C)C2)cc1. The number of alkyl carbamates (subject to hydrolysis) is 1. The van der Waals surface area contributed by atoms with E-state index in [2.05, 4.69) is 22.8 Å². The Balaban J connectivity index is 1.71. The number of carbonyl (C=O) groups excluding carboxylic acids is 1. The van der Waals surface area contributed by atoms with Gasteiger partial charge in [0.1, 0.15) is 11.4 Å². The molecule has 1 aliphatic carbocycles. The second-order valence-electron chi connectivity index (χ2n) is 7.08. The first-order valence-corrected chi connectivity index (χ1v) is 8.21. The van der Waals surface area contributed by atoms with Crippen LogP contribution in [-0.2, 0) is 11.3 Å². The van der Waals surface area contributed by atoms with Gasteiger partial charge in [-0.05, 0) is 57.7 Å². The van der Waals surface area contributed by atoms with Gasteiger partial charge in [-0.1, -0.05) is 12.1 Å². The van der Waals surface area contributed by atoms with Crippen molar-refractivity contribution in [3.05, 3.63) is 29.8 Å². The average Bonchev–Trinajstić information content (AvgIpc) is 2.91.